The van der Waals surface area contributed by atoms with Gasteiger partial charge in [0.15, 0.2) is 0 Å². The quantitative estimate of drug-likeness (QED) is 0.786. The van der Waals surface area contributed by atoms with Crippen molar-refractivity contribution in [2.75, 3.05) is 7.11 Å². The smallest absolute Gasteiger partial charge is 0.263 e. The maximum atomic E-state index is 12.4. The zero-order valence-electron chi connectivity index (χ0n) is 14.7. The molecule has 0 aliphatic carbocycles. The lowest BCUT2D eigenvalue weighted by molar-refractivity contribution is -0.118. The Kier molecular flexibility index (Phi) is 4.84. The average molecular weight is 350 g/mol. The van der Waals surface area contributed by atoms with Gasteiger partial charge in [-0.25, -0.2) is 4.99 Å². The number of hydrogen-bond donors (Lipinski definition) is 1. The number of fused-ring (bicyclic) bond motifs is 1. The molecule has 6 heteroatoms. The Labute approximate surface area is 150 Å². The van der Waals surface area contributed by atoms with Gasteiger partial charge in [-0.3, -0.25) is 14.9 Å². The minimum Gasteiger partial charge on any atom is -0.497 e. The summed E-state index contributed by atoms with van der Waals surface area (Å²) in [7, 11) is 1.56. The third-order valence-corrected chi connectivity index (χ3v) is 3.72. The SMILES string of the molecule is COc1ccc2oc(=Nc3cccc(C)c3)c(C(=O)NC(C)=O)cc2c1. The molecule has 0 fully saturated rings. The van der Waals surface area contributed by atoms with Crippen LogP contribution in [0.25, 0.3) is 11.0 Å². The van der Waals surface area contributed by atoms with Gasteiger partial charge in [0.1, 0.15) is 16.9 Å². The summed E-state index contributed by atoms with van der Waals surface area (Å²) in [5, 5.41) is 2.93. The summed E-state index contributed by atoms with van der Waals surface area (Å²) in [5.41, 5.74) is 2.54. The first-order valence-electron chi connectivity index (χ1n) is 8.01. The summed E-state index contributed by atoms with van der Waals surface area (Å²) < 4.78 is 11.1. The fourth-order valence-corrected chi connectivity index (χ4v) is 2.52. The summed E-state index contributed by atoms with van der Waals surface area (Å²) in [6, 6.07) is 14.4. The lowest BCUT2D eigenvalue weighted by atomic mass is 10.1. The number of imide groups is 1. The molecule has 3 rings (SSSR count). The third-order valence-electron chi connectivity index (χ3n) is 3.72. The second kappa shape index (κ2) is 7.23. The number of aryl methyl sites for hydroxylation is 1. The van der Waals surface area contributed by atoms with E-state index >= 15 is 0 Å². The molecule has 0 saturated carbocycles. The highest BCUT2D eigenvalue weighted by Gasteiger charge is 2.14. The van der Waals surface area contributed by atoms with Crippen molar-refractivity contribution in [3.63, 3.8) is 0 Å². The molecule has 3 aromatic rings. The standard InChI is InChI=1S/C20H18N2O4/c1-12-5-4-6-15(9-12)22-20-17(19(24)21-13(2)23)11-14-10-16(25-3)7-8-18(14)26-20/h4-11H,1-3H3,(H,21,23,24). The van der Waals surface area contributed by atoms with E-state index in [0.717, 1.165) is 5.56 Å². The van der Waals surface area contributed by atoms with Gasteiger partial charge < -0.3 is 9.15 Å². The van der Waals surface area contributed by atoms with E-state index in [4.69, 9.17) is 9.15 Å². The molecule has 0 spiro atoms. The van der Waals surface area contributed by atoms with E-state index in [1.54, 1.807) is 31.4 Å². The van der Waals surface area contributed by atoms with Crippen LogP contribution in [0.4, 0.5) is 5.69 Å². The van der Waals surface area contributed by atoms with Gasteiger partial charge in [-0.2, -0.15) is 0 Å². The Morgan fingerprint density at radius 3 is 2.62 bits per heavy atom. The van der Waals surface area contributed by atoms with Crippen LogP contribution in [0, 0.1) is 6.92 Å². The van der Waals surface area contributed by atoms with E-state index in [0.29, 0.717) is 22.4 Å². The number of benzene rings is 2. The molecule has 26 heavy (non-hydrogen) atoms. The van der Waals surface area contributed by atoms with Crippen LogP contribution in [0.3, 0.4) is 0 Å². The van der Waals surface area contributed by atoms with E-state index in [2.05, 4.69) is 10.3 Å². The summed E-state index contributed by atoms with van der Waals surface area (Å²) in [5.74, 6) is -0.395. The highest BCUT2D eigenvalue weighted by molar-refractivity contribution is 6.05. The van der Waals surface area contributed by atoms with E-state index < -0.39 is 11.8 Å². The third kappa shape index (κ3) is 3.80. The molecule has 0 unspecified atom stereocenters. The molecule has 0 bridgehead atoms. The second-order valence-corrected chi connectivity index (χ2v) is 5.83. The molecule has 0 radical (unpaired) electrons. The normalized spacial score (nSPS) is 11.4. The molecule has 0 aliphatic heterocycles. The maximum Gasteiger partial charge on any atom is 0.263 e. The van der Waals surface area contributed by atoms with Crippen molar-refractivity contribution < 1.29 is 18.7 Å². The Balaban J connectivity index is 2.24. The number of hydrogen-bond acceptors (Lipinski definition) is 5. The number of amides is 2. The topological polar surface area (TPSA) is 80.9 Å². The van der Waals surface area contributed by atoms with Gasteiger partial charge in [0.25, 0.3) is 5.91 Å². The predicted octanol–water partition coefficient (Wildman–Crippen LogP) is 3.26. The van der Waals surface area contributed by atoms with E-state index in [1.165, 1.54) is 6.92 Å². The Morgan fingerprint density at radius 2 is 1.92 bits per heavy atom. The Bertz CT molecular complexity index is 1070. The Morgan fingerprint density at radius 1 is 1.12 bits per heavy atom. The van der Waals surface area contributed by atoms with Gasteiger partial charge in [0, 0.05) is 12.3 Å². The van der Waals surface area contributed by atoms with Gasteiger partial charge in [-0.15, -0.1) is 0 Å². The fourth-order valence-electron chi connectivity index (χ4n) is 2.52. The predicted molar refractivity (Wildman–Crippen MR) is 97.3 cm³/mol. The fraction of sp³-hybridized carbons (Fsp3) is 0.150. The van der Waals surface area contributed by atoms with Crippen LogP contribution < -0.4 is 15.6 Å². The van der Waals surface area contributed by atoms with Crippen LogP contribution in [0.1, 0.15) is 22.8 Å². The summed E-state index contributed by atoms with van der Waals surface area (Å²) in [6.07, 6.45) is 0. The monoisotopic (exact) mass is 350 g/mol. The van der Waals surface area contributed by atoms with Crippen LogP contribution in [0.5, 0.6) is 5.75 Å². The highest BCUT2D eigenvalue weighted by Crippen LogP contribution is 2.21. The van der Waals surface area contributed by atoms with E-state index in [-0.39, 0.29) is 11.1 Å². The number of methoxy groups -OCH3 is 1. The average Bonchev–Trinajstić information content (AvgIpc) is 2.60. The van der Waals surface area contributed by atoms with Gasteiger partial charge in [-0.1, -0.05) is 12.1 Å². The van der Waals surface area contributed by atoms with Crippen LogP contribution in [-0.2, 0) is 4.79 Å². The largest absolute Gasteiger partial charge is 0.497 e. The molecule has 0 aliphatic rings. The molecule has 1 N–H and O–H groups in total. The minimum atomic E-state index is -0.572. The number of nitrogens with one attached hydrogen (secondary N) is 1. The molecule has 132 valence electrons. The molecule has 1 aromatic heterocycles. The number of nitrogens with zero attached hydrogens (tertiary/aromatic N) is 1. The zero-order chi connectivity index (χ0) is 18.7. The van der Waals surface area contributed by atoms with Crippen LogP contribution >= 0.6 is 0 Å². The van der Waals surface area contributed by atoms with Crippen molar-refractivity contribution in [3.8, 4) is 5.75 Å². The summed E-state index contributed by atoms with van der Waals surface area (Å²) in [4.78, 5) is 28.2. The van der Waals surface area contributed by atoms with E-state index in [1.807, 2.05) is 31.2 Å². The molecule has 1 heterocycles. The maximum absolute atomic E-state index is 12.4. The van der Waals surface area contributed by atoms with Crippen molar-refractivity contribution >= 4 is 28.5 Å². The van der Waals surface area contributed by atoms with Gasteiger partial charge >= 0.3 is 0 Å². The van der Waals surface area contributed by atoms with Gasteiger partial charge in [0.05, 0.1) is 12.8 Å². The molecular weight excluding hydrogens is 332 g/mol. The van der Waals surface area contributed by atoms with Crippen molar-refractivity contribution in [1.29, 1.82) is 0 Å². The number of carbonyl (C=O) groups excluding carboxylic acids is 2. The van der Waals surface area contributed by atoms with Crippen LogP contribution in [-0.4, -0.2) is 18.9 Å². The van der Waals surface area contributed by atoms with Crippen molar-refractivity contribution in [1.82, 2.24) is 5.32 Å². The minimum absolute atomic E-state index is 0.131. The first-order chi connectivity index (χ1) is 12.5. The summed E-state index contributed by atoms with van der Waals surface area (Å²) in [6.45, 7) is 3.22. The van der Waals surface area contributed by atoms with Crippen molar-refractivity contribution in [3.05, 3.63) is 65.2 Å². The molecule has 0 atom stereocenters. The number of ether oxygens (including phenoxy) is 1. The van der Waals surface area contributed by atoms with Gasteiger partial charge in [-0.05, 0) is 48.9 Å². The first kappa shape index (κ1) is 17.4. The van der Waals surface area contributed by atoms with E-state index in [9.17, 15) is 9.59 Å². The summed E-state index contributed by atoms with van der Waals surface area (Å²) >= 11 is 0. The Hall–Kier alpha value is -3.41. The molecular formula is C20H18N2O4. The molecule has 2 aromatic carbocycles. The highest BCUT2D eigenvalue weighted by atomic mass is 16.5. The number of rotatable bonds is 3. The lowest BCUT2D eigenvalue weighted by Gasteiger charge is -2.06. The molecule has 0 saturated heterocycles. The van der Waals surface area contributed by atoms with Crippen LogP contribution in [0.2, 0.25) is 0 Å². The van der Waals surface area contributed by atoms with Crippen molar-refractivity contribution in [2.45, 2.75) is 13.8 Å². The van der Waals surface area contributed by atoms with Gasteiger partial charge in [0.2, 0.25) is 11.5 Å². The molecule has 6 nitrogen and oxygen atoms in total. The zero-order valence-corrected chi connectivity index (χ0v) is 14.7. The lowest BCUT2D eigenvalue weighted by Crippen LogP contribution is -2.32. The number of carbonyl (C=O) groups is 2. The first-order valence-corrected chi connectivity index (χ1v) is 8.01. The van der Waals surface area contributed by atoms with Crippen molar-refractivity contribution in [2.24, 2.45) is 4.99 Å². The second-order valence-electron chi connectivity index (χ2n) is 5.83. The molecule has 2 amide bonds. The van der Waals surface area contributed by atoms with Crippen LogP contribution in [0.15, 0.2) is 57.9 Å².